The molecule has 0 spiro atoms. The Hall–Kier alpha value is -2.15. The van der Waals surface area contributed by atoms with Gasteiger partial charge < -0.3 is 19.5 Å². The van der Waals surface area contributed by atoms with Crippen molar-refractivity contribution < 1.29 is 14.3 Å². The van der Waals surface area contributed by atoms with E-state index in [1.807, 2.05) is 6.92 Å². The summed E-state index contributed by atoms with van der Waals surface area (Å²) in [6.07, 6.45) is 0.602. The van der Waals surface area contributed by atoms with Crippen molar-refractivity contribution in [3.05, 3.63) is 33.7 Å². The van der Waals surface area contributed by atoms with Crippen molar-refractivity contribution in [2.45, 2.75) is 25.5 Å². The number of fused-ring (bicyclic) bond motifs is 1. The van der Waals surface area contributed by atoms with E-state index >= 15 is 0 Å². The van der Waals surface area contributed by atoms with Crippen LogP contribution >= 0.6 is 0 Å². The summed E-state index contributed by atoms with van der Waals surface area (Å²) in [5, 5.41) is 2.85. The first kappa shape index (κ1) is 14.8. The highest BCUT2D eigenvalue weighted by atomic mass is 16.5. The standard InChI is InChI=1S/C15H19N3O4/c1-9-3-4-10(14(20)17(9)2)15(21)18-6-5-12-11(7-18)16-13(19)8-22-12/h3-4,11-12H,5-8H2,1-2H3,(H,16,19)/t11-,12+/m0/s1. The topological polar surface area (TPSA) is 80.6 Å². The predicted molar refractivity (Wildman–Crippen MR) is 78.6 cm³/mol. The third kappa shape index (κ3) is 2.52. The van der Waals surface area contributed by atoms with Crippen LogP contribution in [0.3, 0.4) is 0 Å². The highest BCUT2D eigenvalue weighted by molar-refractivity contribution is 5.94. The maximum Gasteiger partial charge on any atom is 0.263 e. The van der Waals surface area contributed by atoms with Gasteiger partial charge in [0.2, 0.25) is 5.91 Å². The Labute approximate surface area is 127 Å². The fraction of sp³-hybridized carbons (Fsp3) is 0.533. The van der Waals surface area contributed by atoms with Gasteiger partial charge in [0, 0.05) is 25.8 Å². The zero-order chi connectivity index (χ0) is 15.9. The number of amides is 2. The van der Waals surface area contributed by atoms with E-state index in [4.69, 9.17) is 4.74 Å². The normalized spacial score (nSPS) is 24.6. The molecule has 3 heterocycles. The first-order chi connectivity index (χ1) is 10.5. The van der Waals surface area contributed by atoms with Gasteiger partial charge in [-0.25, -0.2) is 0 Å². The van der Waals surface area contributed by atoms with E-state index < -0.39 is 0 Å². The number of nitrogens with one attached hydrogen (secondary N) is 1. The molecule has 0 aliphatic carbocycles. The third-order valence-corrected chi connectivity index (χ3v) is 4.40. The molecule has 1 aromatic rings. The van der Waals surface area contributed by atoms with E-state index in [1.165, 1.54) is 4.57 Å². The van der Waals surface area contributed by atoms with Crippen LogP contribution in [0.1, 0.15) is 22.5 Å². The smallest absolute Gasteiger partial charge is 0.263 e. The lowest BCUT2D eigenvalue weighted by atomic mass is 10.00. The number of aryl methyl sites for hydroxylation is 1. The monoisotopic (exact) mass is 305 g/mol. The summed E-state index contributed by atoms with van der Waals surface area (Å²) < 4.78 is 6.93. The molecule has 7 heteroatoms. The zero-order valence-corrected chi connectivity index (χ0v) is 12.7. The summed E-state index contributed by atoms with van der Waals surface area (Å²) in [6, 6.07) is 3.13. The molecule has 2 aliphatic rings. The number of likely N-dealkylation sites (tertiary alicyclic amines) is 1. The van der Waals surface area contributed by atoms with Crippen molar-refractivity contribution in [3.63, 3.8) is 0 Å². The molecule has 3 rings (SSSR count). The second-order valence-electron chi connectivity index (χ2n) is 5.82. The molecule has 0 unspecified atom stereocenters. The van der Waals surface area contributed by atoms with Crippen molar-refractivity contribution in [2.24, 2.45) is 7.05 Å². The Morgan fingerprint density at radius 3 is 2.91 bits per heavy atom. The molecule has 1 N–H and O–H groups in total. The molecule has 0 aromatic carbocycles. The fourth-order valence-corrected chi connectivity index (χ4v) is 2.95. The summed E-state index contributed by atoms with van der Waals surface area (Å²) in [6.45, 7) is 2.78. The minimum absolute atomic E-state index is 0.0531. The van der Waals surface area contributed by atoms with Gasteiger partial charge in [-0.05, 0) is 25.5 Å². The maximum atomic E-state index is 12.6. The number of aromatic nitrogens is 1. The molecule has 0 saturated carbocycles. The number of pyridine rings is 1. The molecule has 2 saturated heterocycles. The molecule has 2 amide bonds. The lowest BCUT2D eigenvalue weighted by molar-refractivity contribution is -0.139. The van der Waals surface area contributed by atoms with Crippen molar-refractivity contribution in [1.29, 1.82) is 0 Å². The van der Waals surface area contributed by atoms with Crippen LogP contribution < -0.4 is 10.9 Å². The quantitative estimate of drug-likeness (QED) is 0.753. The molecule has 1 aromatic heterocycles. The van der Waals surface area contributed by atoms with Crippen LogP contribution in [0.5, 0.6) is 0 Å². The van der Waals surface area contributed by atoms with Crippen LogP contribution in [0, 0.1) is 6.92 Å². The van der Waals surface area contributed by atoms with Crippen LogP contribution in [-0.2, 0) is 16.6 Å². The highest BCUT2D eigenvalue weighted by Crippen LogP contribution is 2.18. The van der Waals surface area contributed by atoms with Gasteiger partial charge in [-0.15, -0.1) is 0 Å². The zero-order valence-electron chi connectivity index (χ0n) is 12.7. The van der Waals surface area contributed by atoms with Gasteiger partial charge in [-0.1, -0.05) is 0 Å². The summed E-state index contributed by atoms with van der Waals surface area (Å²) in [5.74, 6) is -0.458. The Morgan fingerprint density at radius 2 is 2.14 bits per heavy atom. The van der Waals surface area contributed by atoms with Gasteiger partial charge in [0.1, 0.15) is 12.2 Å². The van der Waals surface area contributed by atoms with Crippen molar-refractivity contribution in [2.75, 3.05) is 19.7 Å². The van der Waals surface area contributed by atoms with Gasteiger partial charge in [-0.3, -0.25) is 14.4 Å². The molecule has 22 heavy (non-hydrogen) atoms. The van der Waals surface area contributed by atoms with E-state index in [1.54, 1.807) is 24.1 Å². The van der Waals surface area contributed by atoms with Crippen molar-refractivity contribution in [3.8, 4) is 0 Å². The highest BCUT2D eigenvalue weighted by Gasteiger charge is 2.36. The lowest BCUT2D eigenvalue weighted by Gasteiger charge is -2.41. The van der Waals surface area contributed by atoms with E-state index in [-0.39, 0.29) is 41.7 Å². The van der Waals surface area contributed by atoms with Gasteiger partial charge in [0.05, 0.1) is 12.1 Å². The third-order valence-electron chi connectivity index (χ3n) is 4.40. The Balaban J connectivity index is 1.80. The second kappa shape index (κ2) is 5.57. The number of piperidine rings is 1. The van der Waals surface area contributed by atoms with Crippen LogP contribution in [0.15, 0.2) is 16.9 Å². The van der Waals surface area contributed by atoms with Gasteiger partial charge >= 0.3 is 0 Å². The molecule has 7 nitrogen and oxygen atoms in total. The minimum atomic E-state index is -0.295. The van der Waals surface area contributed by atoms with Crippen molar-refractivity contribution in [1.82, 2.24) is 14.8 Å². The summed E-state index contributed by atoms with van der Waals surface area (Å²) >= 11 is 0. The molecule has 2 aliphatic heterocycles. The van der Waals surface area contributed by atoms with Crippen LogP contribution in [0.4, 0.5) is 0 Å². The summed E-state index contributed by atoms with van der Waals surface area (Å²) in [7, 11) is 1.65. The van der Waals surface area contributed by atoms with Crippen LogP contribution in [0.25, 0.3) is 0 Å². The molecular formula is C15H19N3O4. The molecule has 2 fully saturated rings. The minimum Gasteiger partial charge on any atom is -0.366 e. The number of hydrogen-bond acceptors (Lipinski definition) is 4. The van der Waals surface area contributed by atoms with Crippen molar-refractivity contribution >= 4 is 11.8 Å². The molecule has 118 valence electrons. The molecule has 0 radical (unpaired) electrons. The lowest BCUT2D eigenvalue weighted by Crippen LogP contribution is -2.61. The second-order valence-corrected chi connectivity index (χ2v) is 5.82. The van der Waals surface area contributed by atoms with E-state index in [0.717, 1.165) is 5.69 Å². The average molecular weight is 305 g/mol. The van der Waals surface area contributed by atoms with E-state index in [9.17, 15) is 14.4 Å². The van der Waals surface area contributed by atoms with Crippen LogP contribution in [-0.4, -0.2) is 53.1 Å². The average Bonchev–Trinajstić information content (AvgIpc) is 2.51. The van der Waals surface area contributed by atoms with E-state index in [2.05, 4.69) is 5.32 Å². The van der Waals surface area contributed by atoms with E-state index in [0.29, 0.717) is 19.5 Å². The van der Waals surface area contributed by atoms with Gasteiger partial charge in [-0.2, -0.15) is 0 Å². The number of carbonyl (C=O) groups is 2. The number of rotatable bonds is 1. The van der Waals surface area contributed by atoms with Crippen LogP contribution in [0.2, 0.25) is 0 Å². The Morgan fingerprint density at radius 1 is 1.36 bits per heavy atom. The summed E-state index contributed by atoms with van der Waals surface area (Å²) in [4.78, 5) is 37.8. The molecule has 2 atom stereocenters. The largest absolute Gasteiger partial charge is 0.366 e. The number of ether oxygens (including phenoxy) is 1. The molecule has 0 bridgehead atoms. The first-order valence-electron chi connectivity index (χ1n) is 7.34. The maximum absolute atomic E-state index is 12.6. The first-order valence-corrected chi connectivity index (χ1v) is 7.34. The summed E-state index contributed by atoms with van der Waals surface area (Å²) in [5.41, 5.74) is 0.666. The number of morpholine rings is 1. The Kier molecular flexibility index (Phi) is 3.74. The fourth-order valence-electron chi connectivity index (χ4n) is 2.95. The number of carbonyl (C=O) groups excluding carboxylic acids is 2. The number of hydrogen-bond donors (Lipinski definition) is 1. The Bertz CT molecular complexity index is 682. The molecular weight excluding hydrogens is 286 g/mol. The predicted octanol–water partition coefficient (Wildman–Crippen LogP) is -0.577. The number of nitrogens with zero attached hydrogens (tertiary/aromatic N) is 2. The SMILES string of the molecule is Cc1ccc(C(=O)N2CC[C@H]3OCC(=O)N[C@H]3C2)c(=O)n1C. The van der Waals surface area contributed by atoms with Gasteiger partial charge in [0.25, 0.3) is 11.5 Å². The van der Waals surface area contributed by atoms with Gasteiger partial charge in [0.15, 0.2) is 0 Å².